The Morgan fingerprint density at radius 1 is 1.33 bits per heavy atom. The van der Waals surface area contributed by atoms with Crippen molar-refractivity contribution in [1.82, 2.24) is 0 Å². The van der Waals surface area contributed by atoms with Crippen LogP contribution in [0.4, 0.5) is 0 Å². The molecule has 2 rings (SSSR count). The zero-order valence-corrected chi connectivity index (χ0v) is 12.0. The van der Waals surface area contributed by atoms with Crippen LogP contribution in [-0.2, 0) is 5.54 Å². The van der Waals surface area contributed by atoms with E-state index in [1.165, 1.54) is 19.3 Å². The zero-order valence-electron chi connectivity index (χ0n) is 11.2. The van der Waals surface area contributed by atoms with E-state index in [0.29, 0.717) is 0 Å². The van der Waals surface area contributed by atoms with Crippen LogP contribution < -0.4 is 10.5 Å². The van der Waals surface area contributed by atoms with Gasteiger partial charge in [0.1, 0.15) is 5.75 Å². The van der Waals surface area contributed by atoms with E-state index in [1.54, 1.807) is 7.11 Å². The van der Waals surface area contributed by atoms with Gasteiger partial charge in [-0.3, -0.25) is 0 Å². The van der Waals surface area contributed by atoms with Crippen molar-refractivity contribution in [2.24, 2.45) is 11.7 Å². The second kappa shape index (κ2) is 5.50. The van der Waals surface area contributed by atoms with E-state index in [0.717, 1.165) is 35.1 Å². The van der Waals surface area contributed by atoms with E-state index in [4.69, 9.17) is 22.1 Å². The van der Waals surface area contributed by atoms with Crippen LogP contribution in [0, 0.1) is 5.92 Å². The molecular weight excluding hydrogens is 246 g/mol. The number of methoxy groups -OCH3 is 1. The lowest BCUT2D eigenvalue weighted by Crippen LogP contribution is -2.36. The van der Waals surface area contributed by atoms with E-state index >= 15 is 0 Å². The first-order valence-corrected chi connectivity index (χ1v) is 7.06. The van der Waals surface area contributed by atoms with Gasteiger partial charge in [0.2, 0.25) is 0 Å². The van der Waals surface area contributed by atoms with Crippen molar-refractivity contribution in [1.29, 1.82) is 0 Å². The van der Waals surface area contributed by atoms with Gasteiger partial charge in [-0.1, -0.05) is 31.4 Å². The molecule has 0 amide bonds. The third-order valence-corrected chi connectivity index (χ3v) is 4.34. The summed E-state index contributed by atoms with van der Waals surface area (Å²) in [5.41, 5.74) is 7.42. The maximum Gasteiger partial charge on any atom is 0.124 e. The minimum absolute atomic E-state index is 0.291. The lowest BCUT2D eigenvalue weighted by molar-refractivity contribution is 0.345. The van der Waals surface area contributed by atoms with E-state index in [1.807, 2.05) is 18.2 Å². The molecule has 2 nitrogen and oxygen atoms in total. The number of halogens is 1. The summed E-state index contributed by atoms with van der Waals surface area (Å²) in [6, 6.07) is 5.74. The highest BCUT2D eigenvalue weighted by atomic mass is 35.5. The van der Waals surface area contributed by atoms with Crippen LogP contribution in [0.1, 0.15) is 44.6 Å². The quantitative estimate of drug-likeness (QED) is 0.819. The molecule has 1 fully saturated rings. The van der Waals surface area contributed by atoms with Crippen molar-refractivity contribution >= 4 is 11.6 Å². The molecule has 2 unspecified atom stereocenters. The van der Waals surface area contributed by atoms with E-state index < -0.39 is 0 Å². The van der Waals surface area contributed by atoms with Crippen LogP contribution in [0.2, 0.25) is 5.02 Å². The molecule has 100 valence electrons. The van der Waals surface area contributed by atoms with Gasteiger partial charge in [0.05, 0.1) is 7.11 Å². The first-order chi connectivity index (χ1) is 8.55. The number of ether oxygens (including phenoxy) is 1. The number of hydrogen-bond donors (Lipinski definition) is 1. The molecule has 1 aromatic rings. The topological polar surface area (TPSA) is 35.2 Å². The number of hydrogen-bond acceptors (Lipinski definition) is 2. The molecule has 18 heavy (non-hydrogen) atoms. The molecule has 0 aromatic heterocycles. The SMILES string of the molecule is COc1ccc(Cl)cc1C1(N)CCCC(C)CC1. The Morgan fingerprint density at radius 2 is 2.11 bits per heavy atom. The van der Waals surface area contributed by atoms with Gasteiger partial charge in [0, 0.05) is 16.1 Å². The van der Waals surface area contributed by atoms with Crippen LogP contribution in [-0.4, -0.2) is 7.11 Å². The van der Waals surface area contributed by atoms with Gasteiger partial charge in [0.15, 0.2) is 0 Å². The van der Waals surface area contributed by atoms with Crippen LogP contribution in [0.5, 0.6) is 5.75 Å². The van der Waals surface area contributed by atoms with Crippen molar-refractivity contribution in [3.05, 3.63) is 28.8 Å². The summed E-state index contributed by atoms with van der Waals surface area (Å²) in [6.07, 6.45) is 5.63. The fourth-order valence-electron chi connectivity index (χ4n) is 2.88. The summed E-state index contributed by atoms with van der Waals surface area (Å²) < 4.78 is 5.45. The summed E-state index contributed by atoms with van der Waals surface area (Å²) in [7, 11) is 1.69. The van der Waals surface area contributed by atoms with Gasteiger partial charge in [-0.15, -0.1) is 0 Å². The fraction of sp³-hybridized carbons (Fsp3) is 0.600. The molecular formula is C15H22ClNO. The van der Waals surface area contributed by atoms with E-state index in [2.05, 4.69) is 6.92 Å². The molecule has 0 aliphatic heterocycles. The van der Waals surface area contributed by atoms with Gasteiger partial charge in [-0.2, -0.15) is 0 Å². The van der Waals surface area contributed by atoms with Crippen LogP contribution >= 0.6 is 11.6 Å². The molecule has 2 N–H and O–H groups in total. The van der Waals surface area contributed by atoms with Crippen LogP contribution in [0.15, 0.2) is 18.2 Å². The first-order valence-electron chi connectivity index (χ1n) is 6.68. The lowest BCUT2D eigenvalue weighted by atomic mass is 9.83. The summed E-state index contributed by atoms with van der Waals surface area (Å²) in [5, 5.41) is 0.730. The highest BCUT2D eigenvalue weighted by molar-refractivity contribution is 6.30. The summed E-state index contributed by atoms with van der Waals surface area (Å²) in [6.45, 7) is 2.31. The molecule has 2 atom stereocenters. The Morgan fingerprint density at radius 3 is 2.83 bits per heavy atom. The smallest absolute Gasteiger partial charge is 0.124 e. The minimum atomic E-state index is -0.291. The van der Waals surface area contributed by atoms with Crippen molar-refractivity contribution in [3.63, 3.8) is 0 Å². The van der Waals surface area contributed by atoms with Crippen molar-refractivity contribution < 1.29 is 4.74 Å². The first kappa shape index (κ1) is 13.7. The van der Waals surface area contributed by atoms with Gasteiger partial charge in [-0.05, 0) is 43.4 Å². The molecule has 1 saturated carbocycles. The van der Waals surface area contributed by atoms with Gasteiger partial charge >= 0.3 is 0 Å². The molecule has 0 heterocycles. The number of rotatable bonds is 2. The Balaban J connectivity index is 2.36. The van der Waals surface area contributed by atoms with Gasteiger partial charge in [0.25, 0.3) is 0 Å². The predicted octanol–water partition coefficient (Wildman–Crippen LogP) is 4.10. The standard InChI is InChI=1S/C15H22ClNO/c1-11-4-3-8-15(17,9-7-11)13-10-12(16)5-6-14(13)18-2/h5-6,10-11H,3-4,7-9,17H2,1-2H3. The largest absolute Gasteiger partial charge is 0.496 e. The minimum Gasteiger partial charge on any atom is -0.496 e. The van der Waals surface area contributed by atoms with Crippen molar-refractivity contribution in [3.8, 4) is 5.75 Å². The normalized spacial score (nSPS) is 28.8. The van der Waals surface area contributed by atoms with Crippen molar-refractivity contribution in [2.75, 3.05) is 7.11 Å². The molecule has 1 aliphatic rings. The molecule has 1 aliphatic carbocycles. The maximum atomic E-state index is 6.65. The predicted molar refractivity (Wildman–Crippen MR) is 76.1 cm³/mol. The fourth-order valence-corrected chi connectivity index (χ4v) is 3.05. The van der Waals surface area contributed by atoms with Crippen LogP contribution in [0.25, 0.3) is 0 Å². The highest BCUT2D eigenvalue weighted by Crippen LogP contribution is 2.40. The molecule has 1 aromatic carbocycles. The Kier molecular flexibility index (Phi) is 4.18. The number of nitrogens with two attached hydrogens (primary N) is 1. The van der Waals surface area contributed by atoms with E-state index in [-0.39, 0.29) is 5.54 Å². The summed E-state index contributed by atoms with van der Waals surface area (Å²) in [4.78, 5) is 0. The Labute approximate surface area is 114 Å². The second-order valence-corrected chi connectivity index (χ2v) is 5.97. The summed E-state index contributed by atoms with van der Waals surface area (Å²) in [5.74, 6) is 1.62. The third kappa shape index (κ3) is 2.81. The lowest BCUT2D eigenvalue weighted by Gasteiger charge is -2.30. The summed E-state index contributed by atoms with van der Waals surface area (Å²) >= 11 is 6.11. The maximum absolute atomic E-state index is 6.65. The van der Waals surface area contributed by atoms with Crippen LogP contribution in [0.3, 0.4) is 0 Å². The zero-order chi connectivity index (χ0) is 13.2. The molecule has 0 saturated heterocycles. The van der Waals surface area contributed by atoms with Gasteiger partial charge in [-0.25, -0.2) is 0 Å². The molecule has 3 heteroatoms. The van der Waals surface area contributed by atoms with E-state index in [9.17, 15) is 0 Å². The molecule has 0 radical (unpaired) electrons. The average molecular weight is 268 g/mol. The third-order valence-electron chi connectivity index (χ3n) is 4.10. The highest BCUT2D eigenvalue weighted by Gasteiger charge is 2.32. The van der Waals surface area contributed by atoms with Crippen molar-refractivity contribution in [2.45, 2.75) is 44.6 Å². The monoisotopic (exact) mass is 267 g/mol. The molecule has 0 bridgehead atoms. The Hall–Kier alpha value is -0.730. The molecule has 0 spiro atoms. The Bertz CT molecular complexity index is 421. The second-order valence-electron chi connectivity index (χ2n) is 5.54. The van der Waals surface area contributed by atoms with Gasteiger partial charge < -0.3 is 10.5 Å². The number of benzene rings is 1. The average Bonchev–Trinajstić information content (AvgIpc) is 2.52.